The van der Waals surface area contributed by atoms with Gasteiger partial charge in [0, 0.05) is 6.07 Å². The number of rotatable bonds is 2. The van der Waals surface area contributed by atoms with Crippen LogP contribution in [0.3, 0.4) is 0 Å². The third kappa shape index (κ3) is 1.93. The first-order valence-electron chi connectivity index (χ1n) is 4.79. The Balaban J connectivity index is 2.60. The van der Waals surface area contributed by atoms with Crippen molar-refractivity contribution in [2.24, 2.45) is 0 Å². The number of hydrogen-bond acceptors (Lipinski definition) is 4. The molecule has 0 bridgehead atoms. The maximum atomic E-state index is 13.7. The Kier molecular flexibility index (Phi) is 2.71. The molecule has 0 aliphatic heterocycles. The van der Waals surface area contributed by atoms with E-state index in [-0.39, 0.29) is 23.1 Å². The Morgan fingerprint density at radius 2 is 2.00 bits per heavy atom. The highest BCUT2D eigenvalue weighted by Crippen LogP contribution is 2.31. The first-order chi connectivity index (χ1) is 8.02. The fourth-order valence-corrected chi connectivity index (χ4v) is 1.53. The van der Waals surface area contributed by atoms with Gasteiger partial charge < -0.3 is 14.9 Å². The number of ether oxygens (including phenoxy) is 1. The quantitative estimate of drug-likeness (QED) is 0.876. The highest BCUT2D eigenvalue weighted by atomic mass is 19.1. The highest BCUT2D eigenvalue weighted by Gasteiger charge is 2.17. The summed E-state index contributed by atoms with van der Waals surface area (Å²) >= 11 is 0. The lowest BCUT2D eigenvalue weighted by molar-refractivity contribution is 0.383. The van der Waals surface area contributed by atoms with E-state index in [1.54, 1.807) is 6.92 Å². The zero-order valence-corrected chi connectivity index (χ0v) is 9.25. The lowest BCUT2D eigenvalue weighted by Crippen LogP contribution is -1.93. The van der Waals surface area contributed by atoms with Crippen LogP contribution in [0.15, 0.2) is 16.5 Å². The van der Waals surface area contributed by atoms with E-state index in [2.05, 4.69) is 9.72 Å². The molecule has 1 heterocycles. The van der Waals surface area contributed by atoms with Crippen LogP contribution in [0.5, 0.6) is 5.75 Å². The fourth-order valence-electron chi connectivity index (χ4n) is 1.53. The number of nitrogens with two attached hydrogens (primary N) is 1. The molecule has 0 amide bonds. The number of methoxy groups -OCH3 is 1. The normalized spacial score (nSPS) is 10.6. The van der Waals surface area contributed by atoms with Crippen LogP contribution < -0.4 is 10.5 Å². The van der Waals surface area contributed by atoms with Crippen molar-refractivity contribution in [3.8, 4) is 17.1 Å². The molecule has 4 nitrogen and oxygen atoms in total. The van der Waals surface area contributed by atoms with Crippen LogP contribution in [0.2, 0.25) is 0 Å². The van der Waals surface area contributed by atoms with Crippen molar-refractivity contribution in [2.45, 2.75) is 6.92 Å². The number of halogens is 2. The summed E-state index contributed by atoms with van der Waals surface area (Å²) in [6.07, 6.45) is 0. The Bertz CT molecular complexity index is 567. The van der Waals surface area contributed by atoms with Gasteiger partial charge in [0.2, 0.25) is 0 Å². The van der Waals surface area contributed by atoms with E-state index in [4.69, 9.17) is 10.2 Å². The van der Waals surface area contributed by atoms with Crippen LogP contribution in [0.25, 0.3) is 11.3 Å². The van der Waals surface area contributed by atoms with E-state index in [0.29, 0.717) is 5.69 Å². The summed E-state index contributed by atoms with van der Waals surface area (Å²) < 4.78 is 36.9. The van der Waals surface area contributed by atoms with Crippen molar-refractivity contribution in [1.29, 1.82) is 0 Å². The highest BCUT2D eigenvalue weighted by molar-refractivity contribution is 5.62. The molecule has 0 fully saturated rings. The monoisotopic (exact) mass is 240 g/mol. The summed E-state index contributed by atoms with van der Waals surface area (Å²) in [6.45, 7) is 1.59. The van der Waals surface area contributed by atoms with E-state index in [1.165, 1.54) is 7.11 Å². The molecule has 2 rings (SSSR count). The van der Waals surface area contributed by atoms with Gasteiger partial charge in [-0.25, -0.2) is 8.78 Å². The summed E-state index contributed by atoms with van der Waals surface area (Å²) in [5.41, 5.74) is 5.70. The minimum Gasteiger partial charge on any atom is -0.494 e. The van der Waals surface area contributed by atoms with Crippen molar-refractivity contribution < 1.29 is 17.9 Å². The third-order valence-electron chi connectivity index (χ3n) is 2.30. The number of hydrogen-bond donors (Lipinski definition) is 1. The predicted molar refractivity (Wildman–Crippen MR) is 57.6 cm³/mol. The molecule has 2 N–H and O–H groups in total. The van der Waals surface area contributed by atoms with Gasteiger partial charge in [0.1, 0.15) is 5.82 Å². The molecule has 0 radical (unpaired) electrons. The maximum absolute atomic E-state index is 13.7. The number of benzene rings is 1. The van der Waals surface area contributed by atoms with Gasteiger partial charge in [-0.1, -0.05) is 0 Å². The van der Waals surface area contributed by atoms with Crippen LogP contribution in [0.1, 0.15) is 5.69 Å². The number of aryl methyl sites for hydroxylation is 1. The first kappa shape index (κ1) is 11.4. The van der Waals surface area contributed by atoms with Gasteiger partial charge in [0.05, 0.1) is 18.4 Å². The zero-order valence-electron chi connectivity index (χ0n) is 9.25. The average molecular weight is 240 g/mol. The molecule has 0 atom stereocenters. The van der Waals surface area contributed by atoms with E-state index in [1.807, 2.05) is 0 Å². The Morgan fingerprint density at radius 3 is 2.53 bits per heavy atom. The van der Waals surface area contributed by atoms with Crippen LogP contribution >= 0.6 is 0 Å². The lowest BCUT2D eigenvalue weighted by Gasteiger charge is -2.05. The second kappa shape index (κ2) is 4.04. The molecule has 1 aromatic heterocycles. The standard InChI is InChI=1S/C11H10F2N2O2/c1-5-10(17-11(14)15-5)6-3-8(13)9(16-2)4-7(6)12/h3-4H,1-2H3,(H2,14,15). The van der Waals surface area contributed by atoms with Crippen molar-refractivity contribution in [3.05, 3.63) is 29.5 Å². The van der Waals surface area contributed by atoms with Gasteiger partial charge >= 0.3 is 0 Å². The SMILES string of the molecule is COc1cc(F)c(-c2oc(N)nc2C)cc1F. The van der Waals surface area contributed by atoms with E-state index < -0.39 is 11.6 Å². The van der Waals surface area contributed by atoms with Crippen LogP contribution in [-0.2, 0) is 0 Å². The summed E-state index contributed by atoms with van der Waals surface area (Å²) in [7, 11) is 1.26. The summed E-state index contributed by atoms with van der Waals surface area (Å²) in [6, 6.07) is 1.84. The average Bonchev–Trinajstić information content (AvgIpc) is 2.60. The Labute approximate surface area is 96.0 Å². The van der Waals surface area contributed by atoms with E-state index >= 15 is 0 Å². The van der Waals surface area contributed by atoms with Gasteiger partial charge in [-0.3, -0.25) is 0 Å². The molecule has 6 heteroatoms. The van der Waals surface area contributed by atoms with Crippen molar-refractivity contribution in [1.82, 2.24) is 4.98 Å². The summed E-state index contributed by atoms with van der Waals surface area (Å²) in [4.78, 5) is 3.79. The van der Waals surface area contributed by atoms with Gasteiger partial charge in [-0.2, -0.15) is 4.98 Å². The molecule has 0 unspecified atom stereocenters. The molecule has 0 saturated heterocycles. The molecular weight excluding hydrogens is 230 g/mol. The van der Waals surface area contributed by atoms with Gasteiger partial charge in [0.25, 0.3) is 6.01 Å². The van der Waals surface area contributed by atoms with Crippen molar-refractivity contribution >= 4 is 6.01 Å². The maximum Gasteiger partial charge on any atom is 0.292 e. The fraction of sp³-hybridized carbons (Fsp3) is 0.182. The lowest BCUT2D eigenvalue weighted by atomic mass is 10.1. The molecule has 1 aromatic carbocycles. The third-order valence-corrected chi connectivity index (χ3v) is 2.30. The van der Waals surface area contributed by atoms with Crippen LogP contribution in [0.4, 0.5) is 14.8 Å². The minimum atomic E-state index is -0.682. The smallest absolute Gasteiger partial charge is 0.292 e. The van der Waals surface area contributed by atoms with Gasteiger partial charge in [0.15, 0.2) is 17.3 Å². The molecule has 2 aromatic rings. The zero-order chi connectivity index (χ0) is 12.6. The molecule has 0 spiro atoms. The second-order valence-electron chi connectivity index (χ2n) is 3.43. The van der Waals surface area contributed by atoms with Gasteiger partial charge in [-0.15, -0.1) is 0 Å². The number of anilines is 1. The molecule has 90 valence electrons. The topological polar surface area (TPSA) is 61.3 Å². The number of aromatic nitrogens is 1. The molecule has 0 aliphatic carbocycles. The van der Waals surface area contributed by atoms with E-state index in [9.17, 15) is 8.78 Å². The minimum absolute atomic E-state index is 0.0370. The molecule has 17 heavy (non-hydrogen) atoms. The van der Waals surface area contributed by atoms with Crippen molar-refractivity contribution in [3.63, 3.8) is 0 Å². The first-order valence-corrected chi connectivity index (χ1v) is 4.79. The summed E-state index contributed by atoms with van der Waals surface area (Å²) in [5, 5.41) is 0. The Hall–Kier alpha value is -2.11. The van der Waals surface area contributed by atoms with Crippen molar-refractivity contribution in [2.75, 3.05) is 12.8 Å². The Morgan fingerprint density at radius 1 is 1.29 bits per heavy atom. The molecular formula is C11H10F2N2O2. The second-order valence-corrected chi connectivity index (χ2v) is 3.43. The van der Waals surface area contributed by atoms with E-state index in [0.717, 1.165) is 12.1 Å². The molecule has 0 aliphatic rings. The van der Waals surface area contributed by atoms with Crippen LogP contribution in [0, 0.1) is 18.6 Å². The number of nitrogens with zero attached hydrogens (tertiary/aromatic N) is 1. The molecule has 0 saturated carbocycles. The number of nitrogen functional groups attached to an aromatic ring is 1. The number of oxazole rings is 1. The summed E-state index contributed by atoms with van der Waals surface area (Å²) in [5.74, 6) is -1.40. The van der Waals surface area contributed by atoms with Crippen LogP contribution in [-0.4, -0.2) is 12.1 Å². The largest absolute Gasteiger partial charge is 0.494 e. The van der Waals surface area contributed by atoms with Gasteiger partial charge in [-0.05, 0) is 13.0 Å². The predicted octanol–water partition coefficient (Wildman–Crippen LogP) is 2.52.